The van der Waals surface area contributed by atoms with E-state index in [4.69, 9.17) is 11.6 Å². The predicted octanol–water partition coefficient (Wildman–Crippen LogP) is 5.14. The molecule has 1 aromatic carbocycles. The standard InChI is InChI=1S/C18H19ClFN3OS2/c1-3-22(4-2)10-11-23(17(24)14-8-9-15(19)25-14)18-21-16-12(20)6-5-7-13(16)26-18/h5-9H,3-4,10-11H2,1-2H3. The fraction of sp³-hybridized carbons (Fsp3) is 0.333. The van der Waals surface area contributed by atoms with Crippen LogP contribution in [0, 0.1) is 5.82 Å². The summed E-state index contributed by atoms with van der Waals surface area (Å²) in [7, 11) is 0. The molecule has 138 valence electrons. The van der Waals surface area contributed by atoms with E-state index in [0.717, 1.165) is 24.3 Å². The summed E-state index contributed by atoms with van der Waals surface area (Å²) in [5.74, 6) is -0.533. The summed E-state index contributed by atoms with van der Waals surface area (Å²) in [6, 6.07) is 8.27. The Bertz CT molecular complexity index is 907. The number of para-hydroxylation sites is 1. The van der Waals surface area contributed by atoms with Crippen LogP contribution in [0.1, 0.15) is 23.5 Å². The number of halogens is 2. The zero-order chi connectivity index (χ0) is 18.7. The Morgan fingerprint density at radius 3 is 2.54 bits per heavy atom. The van der Waals surface area contributed by atoms with Crippen LogP contribution in [-0.4, -0.2) is 42.0 Å². The van der Waals surface area contributed by atoms with Crippen LogP contribution in [-0.2, 0) is 0 Å². The van der Waals surface area contributed by atoms with E-state index in [1.54, 1.807) is 23.1 Å². The summed E-state index contributed by atoms with van der Waals surface area (Å²) in [6.07, 6.45) is 0. The highest BCUT2D eigenvalue weighted by atomic mass is 35.5. The minimum absolute atomic E-state index is 0.159. The smallest absolute Gasteiger partial charge is 0.270 e. The maximum atomic E-state index is 14.0. The van der Waals surface area contributed by atoms with Gasteiger partial charge in [0.1, 0.15) is 11.3 Å². The molecule has 3 aromatic rings. The fourth-order valence-electron chi connectivity index (χ4n) is 2.65. The molecule has 0 saturated heterocycles. The van der Waals surface area contributed by atoms with Crippen molar-refractivity contribution in [1.82, 2.24) is 9.88 Å². The van der Waals surface area contributed by atoms with Gasteiger partial charge in [-0.1, -0.05) is 42.9 Å². The van der Waals surface area contributed by atoms with Crippen molar-refractivity contribution in [3.63, 3.8) is 0 Å². The number of rotatable bonds is 7. The highest BCUT2D eigenvalue weighted by molar-refractivity contribution is 7.22. The van der Waals surface area contributed by atoms with Crippen molar-refractivity contribution in [1.29, 1.82) is 0 Å². The molecule has 0 radical (unpaired) electrons. The molecule has 2 heterocycles. The molecule has 3 rings (SSSR count). The lowest BCUT2D eigenvalue weighted by molar-refractivity contribution is 0.0987. The summed E-state index contributed by atoms with van der Waals surface area (Å²) in [6.45, 7) is 7.17. The van der Waals surface area contributed by atoms with Crippen molar-refractivity contribution in [2.45, 2.75) is 13.8 Å². The second kappa shape index (κ2) is 8.43. The summed E-state index contributed by atoms with van der Waals surface area (Å²) in [5, 5.41) is 0.506. The van der Waals surface area contributed by atoms with E-state index in [-0.39, 0.29) is 11.7 Å². The van der Waals surface area contributed by atoms with Crippen molar-refractivity contribution >= 4 is 55.5 Å². The normalized spacial score (nSPS) is 11.4. The maximum Gasteiger partial charge on any atom is 0.270 e. The third-order valence-electron chi connectivity index (χ3n) is 4.15. The van der Waals surface area contributed by atoms with E-state index in [1.165, 1.54) is 28.7 Å². The Labute approximate surface area is 164 Å². The molecule has 0 N–H and O–H groups in total. The van der Waals surface area contributed by atoms with Gasteiger partial charge < -0.3 is 4.90 Å². The van der Waals surface area contributed by atoms with E-state index in [0.29, 0.717) is 26.4 Å². The molecule has 0 spiro atoms. The van der Waals surface area contributed by atoms with Crippen LogP contribution in [0.2, 0.25) is 4.34 Å². The molecule has 2 aromatic heterocycles. The molecule has 0 bridgehead atoms. The summed E-state index contributed by atoms with van der Waals surface area (Å²) < 4.78 is 15.3. The minimum Gasteiger partial charge on any atom is -0.302 e. The molecule has 1 amide bonds. The van der Waals surface area contributed by atoms with Gasteiger partial charge in [0.25, 0.3) is 5.91 Å². The number of thiazole rings is 1. The minimum atomic E-state index is -0.375. The SMILES string of the molecule is CCN(CC)CCN(C(=O)c1ccc(Cl)s1)c1nc2c(F)cccc2s1. The van der Waals surface area contributed by atoms with Crippen molar-refractivity contribution in [2.75, 3.05) is 31.1 Å². The maximum absolute atomic E-state index is 14.0. The number of nitrogens with zero attached hydrogens (tertiary/aromatic N) is 3. The molecule has 0 aliphatic rings. The second-order valence-electron chi connectivity index (χ2n) is 5.67. The van der Waals surface area contributed by atoms with Gasteiger partial charge in [0.05, 0.1) is 13.9 Å². The van der Waals surface area contributed by atoms with E-state index >= 15 is 0 Å². The second-order valence-corrected chi connectivity index (χ2v) is 8.39. The molecule has 0 aliphatic carbocycles. The zero-order valence-corrected chi connectivity index (χ0v) is 16.9. The number of thiophene rings is 1. The van der Waals surface area contributed by atoms with E-state index < -0.39 is 0 Å². The van der Waals surface area contributed by atoms with Gasteiger partial charge in [0.2, 0.25) is 0 Å². The number of hydrogen-bond acceptors (Lipinski definition) is 5. The van der Waals surface area contributed by atoms with Crippen molar-refractivity contribution < 1.29 is 9.18 Å². The van der Waals surface area contributed by atoms with Crippen LogP contribution in [0.25, 0.3) is 10.2 Å². The molecule has 0 atom stereocenters. The average Bonchev–Trinajstić information content (AvgIpc) is 3.25. The number of carbonyl (C=O) groups excluding carboxylic acids is 1. The fourth-order valence-corrected chi connectivity index (χ4v) is 4.64. The number of hydrogen-bond donors (Lipinski definition) is 0. The topological polar surface area (TPSA) is 36.4 Å². The molecule has 0 fully saturated rings. The van der Waals surface area contributed by atoms with Crippen LogP contribution in [0.5, 0.6) is 0 Å². The first-order chi connectivity index (χ1) is 12.5. The van der Waals surface area contributed by atoms with E-state index in [2.05, 4.69) is 23.7 Å². The summed E-state index contributed by atoms with van der Waals surface area (Å²) in [4.78, 5) is 21.9. The molecular weight excluding hydrogens is 393 g/mol. The highest BCUT2D eigenvalue weighted by Crippen LogP contribution is 2.32. The largest absolute Gasteiger partial charge is 0.302 e. The third-order valence-corrected chi connectivity index (χ3v) is 6.42. The van der Waals surface area contributed by atoms with Crippen molar-refractivity contribution in [2.24, 2.45) is 0 Å². The van der Waals surface area contributed by atoms with Crippen molar-refractivity contribution in [3.05, 3.63) is 45.4 Å². The molecule has 0 saturated carbocycles. The quantitative estimate of drug-likeness (QED) is 0.540. The number of benzene rings is 1. The summed E-state index contributed by atoms with van der Waals surface area (Å²) in [5.41, 5.74) is 0.303. The Balaban J connectivity index is 1.95. The number of fused-ring (bicyclic) bond motifs is 1. The Morgan fingerprint density at radius 2 is 1.92 bits per heavy atom. The first kappa shape index (κ1) is 19.2. The molecule has 4 nitrogen and oxygen atoms in total. The molecule has 26 heavy (non-hydrogen) atoms. The number of amides is 1. The monoisotopic (exact) mass is 411 g/mol. The number of carbonyl (C=O) groups is 1. The summed E-state index contributed by atoms with van der Waals surface area (Å²) >= 11 is 8.55. The van der Waals surface area contributed by atoms with Gasteiger partial charge in [0.15, 0.2) is 5.13 Å². The van der Waals surface area contributed by atoms with Gasteiger partial charge in [-0.15, -0.1) is 11.3 Å². The Morgan fingerprint density at radius 1 is 1.15 bits per heavy atom. The van der Waals surface area contributed by atoms with E-state index in [1.807, 2.05) is 6.07 Å². The molecular formula is C18H19ClFN3OS2. The lowest BCUT2D eigenvalue weighted by atomic mass is 10.3. The van der Waals surface area contributed by atoms with Gasteiger partial charge in [-0.25, -0.2) is 9.37 Å². The lowest BCUT2D eigenvalue weighted by Gasteiger charge is -2.24. The van der Waals surface area contributed by atoms with Crippen LogP contribution in [0.3, 0.4) is 0 Å². The van der Waals surface area contributed by atoms with Crippen molar-refractivity contribution in [3.8, 4) is 0 Å². The third kappa shape index (κ3) is 4.06. The molecule has 8 heteroatoms. The van der Waals surface area contributed by atoms with Gasteiger partial charge in [-0.05, 0) is 37.4 Å². The predicted molar refractivity (Wildman–Crippen MR) is 108 cm³/mol. The average molecular weight is 412 g/mol. The van der Waals surface area contributed by atoms with Crippen LogP contribution < -0.4 is 4.90 Å². The van der Waals surface area contributed by atoms with Crippen LogP contribution in [0.15, 0.2) is 30.3 Å². The first-order valence-electron chi connectivity index (χ1n) is 8.38. The van der Waals surface area contributed by atoms with Gasteiger partial charge >= 0.3 is 0 Å². The zero-order valence-electron chi connectivity index (χ0n) is 14.5. The molecule has 0 aliphatic heterocycles. The molecule has 0 unspecified atom stereocenters. The van der Waals surface area contributed by atoms with Crippen LogP contribution in [0.4, 0.5) is 9.52 Å². The number of aromatic nitrogens is 1. The van der Waals surface area contributed by atoms with Gasteiger partial charge in [-0.3, -0.25) is 9.69 Å². The Kier molecular flexibility index (Phi) is 6.24. The van der Waals surface area contributed by atoms with Crippen LogP contribution >= 0.6 is 34.3 Å². The number of likely N-dealkylation sites (N-methyl/N-ethyl adjacent to an activating group) is 1. The van der Waals surface area contributed by atoms with Gasteiger partial charge in [-0.2, -0.15) is 0 Å². The number of anilines is 1. The Hall–Kier alpha value is -1.54. The highest BCUT2D eigenvalue weighted by Gasteiger charge is 2.23. The lowest BCUT2D eigenvalue weighted by Crippen LogP contribution is -2.38. The first-order valence-corrected chi connectivity index (χ1v) is 10.4. The van der Waals surface area contributed by atoms with Gasteiger partial charge in [0, 0.05) is 13.1 Å². The van der Waals surface area contributed by atoms with E-state index in [9.17, 15) is 9.18 Å².